The van der Waals surface area contributed by atoms with Crippen LogP contribution in [0.5, 0.6) is 5.75 Å². The molecule has 2 fully saturated rings. The second-order valence-electron chi connectivity index (χ2n) is 9.30. The van der Waals surface area contributed by atoms with E-state index in [1.807, 2.05) is 16.8 Å². The van der Waals surface area contributed by atoms with Crippen molar-refractivity contribution >= 4 is 6.03 Å². The van der Waals surface area contributed by atoms with E-state index in [2.05, 4.69) is 52.3 Å². The van der Waals surface area contributed by atoms with Gasteiger partial charge in [-0.1, -0.05) is 30.3 Å². The number of hydrogen-bond donors (Lipinski definition) is 0. The molecule has 32 heavy (non-hydrogen) atoms. The minimum Gasteiger partial charge on any atom is -0.497 e. The van der Waals surface area contributed by atoms with Gasteiger partial charge in [0.2, 0.25) is 0 Å². The van der Waals surface area contributed by atoms with Crippen molar-refractivity contribution in [2.24, 2.45) is 0 Å². The van der Waals surface area contributed by atoms with Gasteiger partial charge >= 0.3 is 6.03 Å². The summed E-state index contributed by atoms with van der Waals surface area (Å²) < 4.78 is 5.59. The molecule has 2 aromatic carbocycles. The van der Waals surface area contributed by atoms with Crippen molar-refractivity contribution in [3.8, 4) is 5.75 Å². The molecule has 2 saturated heterocycles. The summed E-state index contributed by atoms with van der Waals surface area (Å²) in [4.78, 5) is 21.1. The van der Waals surface area contributed by atoms with Crippen molar-refractivity contribution in [1.29, 1.82) is 0 Å². The second-order valence-corrected chi connectivity index (χ2v) is 9.30. The first-order valence-corrected chi connectivity index (χ1v) is 11.8. The van der Waals surface area contributed by atoms with Gasteiger partial charge in [-0.2, -0.15) is 0 Å². The highest BCUT2D eigenvalue weighted by molar-refractivity contribution is 5.76. The molecule has 2 aliphatic heterocycles. The van der Waals surface area contributed by atoms with Crippen molar-refractivity contribution < 1.29 is 9.53 Å². The number of urea groups is 1. The maximum atomic E-state index is 12.2. The van der Waals surface area contributed by atoms with Gasteiger partial charge in [0.15, 0.2) is 0 Å². The molecule has 5 rings (SSSR count). The summed E-state index contributed by atoms with van der Waals surface area (Å²) in [5.41, 5.74) is 5.74. The number of nitrogens with zero attached hydrogens (tertiary/aromatic N) is 4. The topological polar surface area (TPSA) is 39.3 Å². The Balaban J connectivity index is 1.28. The zero-order chi connectivity index (χ0) is 22.1. The van der Waals surface area contributed by atoms with Gasteiger partial charge in [-0.05, 0) is 47.2 Å². The van der Waals surface area contributed by atoms with Crippen LogP contribution < -0.4 is 4.74 Å². The number of likely N-dealkylation sites (N-methyl/N-ethyl adjacent to an activating group) is 1. The van der Waals surface area contributed by atoms with Crippen molar-refractivity contribution in [1.82, 2.24) is 19.6 Å². The summed E-state index contributed by atoms with van der Waals surface area (Å²) >= 11 is 0. The summed E-state index contributed by atoms with van der Waals surface area (Å²) in [5, 5.41) is 0. The molecule has 1 unspecified atom stereocenters. The fraction of sp³-hybridized carbons (Fsp3) is 0.500. The van der Waals surface area contributed by atoms with Crippen LogP contribution in [-0.4, -0.2) is 92.1 Å². The molecule has 6 heteroatoms. The zero-order valence-electron chi connectivity index (χ0n) is 19.3. The Morgan fingerprint density at radius 3 is 2.41 bits per heavy atom. The highest BCUT2D eigenvalue weighted by atomic mass is 16.5. The minimum atomic E-state index is 0.173. The maximum Gasteiger partial charge on any atom is 0.319 e. The molecule has 0 spiro atoms. The highest BCUT2D eigenvalue weighted by Gasteiger charge is 2.31. The maximum absolute atomic E-state index is 12.2. The van der Waals surface area contributed by atoms with Crippen LogP contribution in [0, 0.1) is 0 Å². The Labute approximate surface area is 191 Å². The minimum absolute atomic E-state index is 0.173. The number of rotatable bonds is 5. The fourth-order valence-corrected chi connectivity index (χ4v) is 5.42. The number of carbonyl (C=O) groups is 1. The summed E-state index contributed by atoms with van der Waals surface area (Å²) in [6, 6.07) is 16.1. The Bertz CT molecular complexity index is 970. The molecular formula is C26H34N4O2. The van der Waals surface area contributed by atoms with Crippen LogP contribution in [0.4, 0.5) is 4.79 Å². The van der Waals surface area contributed by atoms with E-state index >= 15 is 0 Å². The number of piperazine rings is 1. The third-order valence-corrected chi connectivity index (χ3v) is 7.46. The van der Waals surface area contributed by atoms with Crippen LogP contribution in [0.1, 0.15) is 28.3 Å². The monoisotopic (exact) mass is 434 g/mol. The molecule has 1 aliphatic carbocycles. The Morgan fingerprint density at radius 1 is 0.906 bits per heavy atom. The largest absolute Gasteiger partial charge is 0.497 e. The van der Waals surface area contributed by atoms with Crippen molar-refractivity contribution in [2.75, 3.05) is 66.5 Å². The van der Waals surface area contributed by atoms with Gasteiger partial charge < -0.3 is 14.5 Å². The molecule has 0 N–H and O–H groups in total. The van der Waals surface area contributed by atoms with Crippen LogP contribution >= 0.6 is 0 Å². The zero-order valence-corrected chi connectivity index (χ0v) is 19.3. The van der Waals surface area contributed by atoms with Crippen molar-refractivity contribution in [3.63, 3.8) is 0 Å². The van der Waals surface area contributed by atoms with Crippen LogP contribution in [0.25, 0.3) is 0 Å². The van der Waals surface area contributed by atoms with E-state index in [0.717, 1.165) is 70.9 Å². The average Bonchev–Trinajstić information content (AvgIpc) is 3.05. The smallest absolute Gasteiger partial charge is 0.319 e. The number of methoxy groups -OCH3 is 1. The summed E-state index contributed by atoms with van der Waals surface area (Å²) in [7, 11) is 3.64. The van der Waals surface area contributed by atoms with Gasteiger partial charge in [0.25, 0.3) is 0 Å². The normalized spacial score (nSPS) is 21.9. The van der Waals surface area contributed by atoms with Gasteiger partial charge in [-0.15, -0.1) is 0 Å². The fourth-order valence-electron chi connectivity index (χ4n) is 5.42. The van der Waals surface area contributed by atoms with E-state index in [9.17, 15) is 4.79 Å². The van der Waals surface area contributed by atoms with Gasteiger partial charge in [-0.25, -0.2) is 4.79 Å². The molecular weight excluding hydrogens is 400 g/mol. The molecule has 2 heterocycles. The predicted octanol–water partition coefficient (Wildman–Crippen LogP) is 2.87. The number of benzene rings is 2. The lowest BCUT2D eigenvalue weighted by atomic mass is 9.95. The van der Waals surface area contributed by atoms with Crippen molar-refractivity contribution in [3.05, 3.63) is 64.7 Å². The number of ether oxygens (including phenoxy) is 1. The van der Waals surface area contributed by atoms with Crippen LogP contribution in [0.2, 0.25) is 0 Å². The van der Waals surface area contributed by atoms with Crippen LogP contribution in [0.15, 0.2) is 42.5 Å². The van der Waals surface area contributed by atoms with Gasteiger partial charge in [0, 0.05) is 65.4 Å². The molecule has 6 nitrogen and oxygen atoms in total. The van der Waals surface area contributed by atoms with Crippen LogP contribution in [0.3, 0.4) is 0 Å². The van der Waals surface area contributed by atoms with Gasteiger partial charge in [0.05, 0.1) is 7.11 Å². The molecule has 0 saturated carbocycles. The van der Waals surface area contributed by atoms with E-state index in [1.165, 1.54) is 22.3 Å². The third-order valence-electron chi connectivity index (χ3n) is 7.46. The summed E-state index contributed by atoms with van der Waals surface area (Å²) in [6.07, 6.45) is 2.04. The van der Waals surface area contributed by atoms with E-state index < -0.39 is 0 Å². The van der Waals surface area contributed by atoms with E-state index in [0.29, 0.717) is 6.04 Å². The standard InChI is InChI=1S/C26H34N4O2/c1-27-9-13-30(26(27)31)16-12-28-10-14-29(15-11-28)25-18-21-6-4-3-5-20(21)17-22-7-8-23(32-2)19-24(22)25/h3-8,19,25H,9-18H2,1-2H3. The lowest BCUT2D eigenvalue weighted by Gasteiger charge is -2.40. The first-order valence-electron chi connectivity index (χ1n) is 11.8. The Kier molecular flexibility index (Phi) is 6.07. The SMILES string of the molecule is COc1ccc2c(c1)C(N1CCN(CCN3CCN(C)C3=O)CC1)Cc1ccccc1C2. The van der Waals surface area contributed by atoms with Gasteiger partial charge in [-0.3, -0.25) is 9.80 Å². The molecule has 0 aromatic heterocycles. The molecule has 1 atom stereocenters. The number of amides is 2. The quantitative estimate of drug-likeness (QED) is 0.726. The highest BCUT2D eigenvalue weighted by Crippen LogP contribution is 2.36. The Morgan fingerprint density at radius 2 is 1.69 bits per heavy atom. The summed E-state index contributed by atoms with van der Waals surface area (Å²) in [6.45, 7) is 7.71. The summed E-state index contributed by atoms with van der Waals surface area (Å²) in [5.74, 6) is 0.943. The Hall–Kier alpha value is -2.57. The molecule has 2 amide bonds. The third kappa shape index (κ3) is 4.21. The lowest BCUT2D eigenvalue weighted by molar-refractivity contribution is 0.0906. The van der Waals surface area contributed by atoms with E-state index in [4.69, 9.17) is 4.74 Å². The predicted molar refractivity (Wildman–Crippen MR) is 126 cm³/mol. The number of fused-ring (bicyclic) bond motifs is 2. The molecule has 0 bridgehead atoms. The van der Waals surface area contributed by atoms with E-state index in [1.54, 1.807) is 7.11 Å². The molecule has 170 valence electrons. The average molecular weight is 435 g/mol. The molecule has 2 aromatic rings. The number of hydrogen-bond acceptors (Lipinski definition) is 4. The van der Waals surface area contributed by atoms with Crippen molar-refractivity contribution in [2.45, 2.75) is 18.9 Å². The first-order chi connectivity index (χ1) is 15.6. The van der Waals surface area contributed by atoms with E-state index in [-0.39, 0.29) is 6.03 Å². The molecule has 3 aliphatic rings. The first kappa shape index (κ1) is 21.3. The lowest BCUT2D eigenvalue weighted by Crippen LogP contribution is -2.50. The molecule has 0 radical (unpaired) electrons. The number of carbonyl (C=O) groups excluding carboxylic acids is 1. The second kappa shape index (κ2) is 9.12. The van der Waals surface area contributed by atoms with Crippen LogP contribution in [-0.2, 0) is 12.8 Å². The van der Waals surface area contributed by atoms with Gasteiger partial charge in [0.1, 0.15) is 5.75 Å².